The summed E-state index contributed by atoms with van der Waals surface area (Å²) in [5.74, 6) is 6.47. The minimum absolute atomic E-state index is 0.0283. The molecule has 0 fully saturated rings. The molecule has 0 aliphatic rings. The van der Waals surface area contributed by atoms with Crippen LogP contribution in [0.4, 0.5) is 0 Å². The second-order valence-corrected chi connectivity index (χ2v) is 5.03. The summed E-state index contributed by atoms with van der Waals surface area (Å²) in [7, 11) is 0. The predicted octanol–water partition coefficient (Wildman–Crippen LogP) is 3.84. The lowest BCUT2D eigenvalue weighted by Crippen LogP contribution is -2.11. The number of phenolic OH excluding ortho intramolecular Hbond substituents is 1. The molecule has 0 spiro atoms. The van der Waals surface area contributed by atoms with Gasteiger partial charge in [-0.1, -0.05) is 45.6 Å². The Morgan fingerprint density at radius 2 is 1.94 bits per heavy atom. The topological polar surface area (TPSA) is 20.2 Å². The third-order valence-electron chi connectivity index (χ3n) is 2.41. The van der Waals surface area contributed by atoms with Gasteiger partial charge >= 0.3 is 0 Å². The van der Waals surface area contributed by atoms with Crippen LogP contribution >= 0.6 is 0 Å². The largest absolute Gasteiger partial charge is 0.508 e. The van der Waals surface area contributed by atoms with Gasteiger partial charge in [-0.25, -0.2) is 0 Å². The van der Waals surface area contributed by atoms with Crippen LogP contribution in [0.2, 0.25) is 0 Å². The second kappa shape index (κ2) is 5.07. The number of hydrogen-bond acceptors (Lipinski definition) is 1. The molecule has 0 radical (unpaired) electrons. The van der Waals surface area contributed by atoms with E-state index < -0.39 is 0 Å². The highest BCUT2D eigenvalue weighted by Crippen LogP contribution is 2.30. The summed E-state index contributed by atoms with van der Waals surface area (Å²) in [5.41, 5.74) is 1.83. The van der Waals surface area contributed by atoms with Gasteiger partial charge < -0.3 is 5.11 Å². The van der Waals surface area contributed by atoms with Gasteiger partial charge in [0.2, 0.25) is 0 Å². The third kappa shape index (κ3) is 3.31. The molecule has 1 N–H and O–H groups in total. The van der Waals surface area contributed by atoms with Crippen molar-refractivity contribution in [2.45, 2.75) is 46.0 Å². The molecule has 16 heavy (non-hydrogen) atoms. The summed E-state index contributed by atoms with van der Waals surface area (Å²) in [5, 5.41) is 9.92. The lowest BCUT2D eigenvalue weighted by atomic mass is 9.86. The molecule has 0 saturated carbocycles. The molecule has 0 atom stereocenters. The Morgan fingerprint density at radius 3 is 2.44 bits per heavy atom. The summed E-state index contributed by atoms with van der Waals surface area (Å²) in [6, 6.07) is 5.69. The van der Waals surface area contributed by atoms with Crippen LogP contribution in [-0.4, -0.2) is 5.11 Å². The number of benzene rings is 1. The highest BCUT2D eigenvalue weighted by Gasteiger charge is 2.17. The van der Waals surface area contributed by atoms with E-state index in [1.807, 2.05) is 12.1 Å². The van der Waals surface area contributed by atoms with Gasteiger partial charge in [0.1, 0.15) is 5.75 Å². The predicted molar refractivity (Wildman–Crippen MR) is 68.6 cm³/mol. The van der Waals surface area contributed by atoms with Gasteiger partial charge in [0.05, 0.1) is 0 Å². The Morgan fingerprint density at radius 1 is 1.25 bits per heavy atom. The van der Waals surface area contributed by atoms with Crippen LogP contribution in [0.25, 0.3) is 0 Å². The van der Waals surface area contributed by atoms with Crippen molar-refractivity contribution in [1.29, 1.82) is 0 Å². The fourth-order valence-corrected chi connectivity index (χ4v) is 1.53. The monoisotopic (exact) mass is 216 g/mol. The van der Waals surface area contributed by atoms with E-state index in [1.54, 1.807) is 6.07 Å². The quantitative estimate of drug-likeness (QED) is 0.707. The van der Waals surface area contributed by atoms with E-state index in [9.17, 15) is 5.11 Å². The average molecular weight is 216 g/mol. The first-order valence-corrected chi connectivity index (χ1v) is 5.77. The van der Waals surface area contributed by atoms with Crippen LogP contribution in [0, 0.1) is 11.8 Å². The Labute approximate surface area is 98.5 Å². The zero-order valence-electron chi connectivity index (χ0n) is 10.6. The molecule has 0 aromatic heterocycles. The number of rotatable bonds is 1. The summed E-state index contributed by atoms with van der Waals surface area (Å²) in [6.07, 6.45) is 1.97. The van der Waals surface area contributed by atoms with E-state index in [2.05, 4.69) is 39.5 Å². The third-order valence-corrected chi connectivity index (χ3v) is 2.41. The zero-order chi connectivity index (χ0) is 12.2. The zero-order valence-corrected chi connectivity index (χ0v) is 10.6. The van der Waals surface area contributed by atoms with Crippen molar-refractivity contribution in [2.75, 3.05) is 0 Å². The van der Waals surface area contributed by atoms with E-state index in [0.717, 1.165) is 24.0 Å². The highest BCUT2D eigenvalue weighted by atomic mass is 16.3. The fraction of sp³-hybridized carbons (Fsp3) is 0.467. The van der Waals surface area contributed by atoms with Gasteiger partial charge in [-0.2, -0.15) is 0 Å². The minimum atomic E-state index is -0.0283. The molecule has 86 valence electrons. The molecule has 0 amide bonds. The molecule has 1 aromatic rings. The van der Waals surface area contributed by atoms with Crippen LogP contribution in [-0.2, 0) is 5.41 Å². The lowest BCUT2D eigenvalue weighted by Gasteiger charge is -2.20. The van der Waals surface area contributed by atoms with Crippen molar-refractivity contribution < 1.29 is 5.11 Å². The molecule has 0 bridgehead atoms. The van der Waals surface area contributed by atoms with E-state index in [0.29, 0.717) is 5.75 Å². The van der Waals surface area contributed by atoms with Crippen molar-refractivity contribution in [3.05, 3.63) is 29.3 Å². The molecule has 1 heteroatoms. The Bertz CT molecular complexity index is 413. The number of unbranched alkanes of at least 4 members (excludes halogenated alkanes) is 1. The highest BCUT2D eigenvalue weighted by molar-refractivity contribution is 5.46. The maximum absolute atomic E-state index is 9.92. The molecule has 0 unspecified atom stereocenters. The summed E-state index contributed by atoms with van der Waals surface area (Å²) < 4.78 is 0. The van der Waals surface area contributed by atoms with Crippen LogP contribution < -0.4 is 0 Å². The molecule has 1 aromatic carbocycles. The number of aromatic hydroxyl groups is 1. The molecular formula is C15H20O. The van der Waals surface area contributed by atoms with Crippen LogP contribution in [0.5, 0.6) is 5.75 Å². The molecular weight excluding hydrogens is 196 g/mol. The fourth-order valence-electron chi connectivity index (χ4n) is 1.53. The standard InChI is InChI=1S/C15H20O/c1-5-6-7-8-12-9-10-13(14(16)11-12)15(2,3)4/h9-11,16H,5-6H2,1-4H3. The van der Waals surface area contributed by atoms with Crippen LogP contribution in [0.1, 0.15) is 51.7 Å². The first kappa shape index (κ1) is 12.6. The van der Waals surface area contributed by atoms with Gasteiger partial charge in [0.15, 0.2) is 0 Å². The molecule has 0 aliphatic carbocycles. The Hall–Kier alpha value is -1.42. The van der Waals surface area contributed by atoms with E-state index in [-0.39, 0.29) is 5.41 Å². The first-order chi connectivity index (χ1) is 7.45. The second-order valence-electron chi connectivity index (χ2n) is 5.03. The average Bonchev–Trinajstić information content (AvgIpc) is 2.16. The van der Waals surface area contributed by atoms with Gasteiger partial charge in [-0.15, -0.1) is 0 Å². The van der Waals surface area contributed by atoms with Gasteiger partial charge in [0, 0.05) is 12.0 Å². The van der Waals surface area contributed by atoms with Crippen molar-refractivity contribution >= 4 is 0 Å². The first-order valence-electron chi connectivity index (χ1n) is 5.77. The van der Waals surface area contributed by atoms with E-state index >= 15 is 0 Å². The summed E-state index contributed by atoms with van der Waals surface area (Å²) >= 11 is 0. The van der Waals surface area contributed by atoms with Crippen molar-refractivity contribution in [2.24, 2.45) is 0 Å². The molecule has 1 nitrogen and oxygen atoms in total. The number of hydrogen-bond donors (Lipinski definition) is 1. The van der Waals surface area contributed by atoms with Crippen molar-refractivity contribution in [3.8, 4) is 17.6 Å². The normalized spacial score (nSPS) is 10.8. The Balaban J connectivity index is 2.97. The summed E-state index contributed by atoms with van der Waals surface area (Å²) in [4.78, 5) is 0. The molecule has 0 aliphatic heterocycles. The molecule has 0 heterocycles. The maximum Gasteiger partial charge on any atom is 0.120 e. The SMILES string of the molecule is CCCC#Cc1ccc(C(C)(C)C)c(O)c1. The van der Waals surface area contributed by atoms with Crippen molar-refractivity contribution in [1.82, 2.24) is 0 Å². The summed E-state index contributed by atoms with van der Waals surface area (Å²) in [6.45, 7) is 8.37. The van der Waals surface area contributed by atoms with E-state index in [4.69, 9.17) is 0 Å². The molecule has 0 saturated heterocycles. The van der Waals surface area contributed by atoms with Gasteiger partial charge in [0.25, 0.3) is 0 Å². The van der Waals surface area contributed by atoms with Gasteiger partial charge in [-0.05, 0) is 29.5 Å². The lowest BCUT2D eigenvalue weighted by molar-refractivity contribution is 0.446. The van der Waals surface area contributed by atoms with E-state index in [1.165, 1.54) is 0 Å². The van der Waals surface area contributed by atoms with Crippen LogP contribution in [0.3, 0.4) is 0 Å². The smallest absolute Gasteiger partial charge is 0.120 e. The maximum atomic E-state index is 9.92. The number of phenols is 1. The minimum Gasteiger partial charge on any atom is -0.508 e. The van der Waals surface area contributed by atoms with Crippen molar-refractivity contribution in [3.63, 3.8) is 0 Å². The molecule has 1 rings (SSSR count). The van der Waals surface area contributed by atoms with Crippen LogP contribution in [0.15, 0.2) is 18.2 Å². The van der Waals surface area contributed by atoms with Gasteiger partial charge in [-0.3, -0.25) is 0 Å². The Kier molecular flexibility index (Phi) is 4.01.